The highest BCUT2D eigenvalue weighted by atomic mass is 35.5. The summed E-state index contributed by atoms with van der Waals surface area (Å²) < 4.78 is 5.48. The van der Waals surface area contributed by atoms with Gasteiger partial charge in [-0.3, -0.25) is 9.59 Å². The number of benzene rings is 2. The zero-order valence-electron chi connectivity index (χ0n) is 13.5. The molecule has 0 aliphatic rings. The number of amides is 1. The summed E-state index contributed by atoms with van der Waals surface area (Å²) in [7, 11) is 0. The molecule has 0 spiro atoms. The molecule has 126 valence electrons. The van der Waals surface area contributed by atoms with Gasteiger partial charge < -0.3 is 10.1 Å². The molecule has 0 unspecified atom stereocenters. The number of aryl methyl sites for hydroxylation is 1. The third-order valence-electron chi connectivity index (χ3n) is 3.46. The molecule has 0 radical (unpaired) electrons. The lowest BCUT2D eigenvalue weighted by Crippen LogP contribution is -2.28. The van der Waals surface area contributed by atoms with E-state index in [1.165, 1.54) is 0 Å². The minimum absolute atomic E-state index is 0.0254. The van der Waals surface area contributed by atoms with E-state index in [1.54, 1.807) is 36.4 Å². The Morgan fingerprint density at radius 2 is 1.67 bits per heavy atom. The molecule has 0 bridgehead atoms. The van der Waals surface area contributed by atoms with Gasteiger partial charge in [-0.1, -0.05) is 41.4 Å². The Morgan fingerprint density at radius 3 is 2.33 bits per heavy atom. The fraction of sp³-hybridized carbons (Fsp3) is 0.263. The van der Waals surface area contributed by atoms with Crippen molar-refractivity contribution in [2.45, 2.75) is 19.8 Å². The van der Waals surface area contributed by atoms with Crippen LogP contribution in [0.3, 0.4) is 0 Å². The first-order chi connectivity index (χ1) is 11.5. The molecule has 0 atom stereocenters. The molecule has 0 fully saturated rings. The summed E-state index contributed by atoms with van der Waals surface area (Å²) in [6.45, 7) is 2.72. The van der Waals surface area contributed by atoms with Gasteiger partial charge >= 0.3 is 0 Å². The highest BCUT2D eigenvalue weighted by molar-refractivity contribution is 6.30. The van der Waals surface area contributed by atoms with Crippen LogP contribution in [-0.4, -0.2) is 24.8 Å². The minimum atomic E-state index is -0.157. The van der Waals surface area contributed by atoms with E-state index in [2.05, 4.69) is 5.32 Å². The van der Waals surface area contributed by atoms with Crippen LogP contribution in [0.15, 0.2) is 48.5 Å². The highest BCUT2D eigenvalue weighted by Crippen LogP contribution is 2.15. The molecule has 2 rings (SSSR count). The van der Waals surface area contributed by atoms with Crippen LogP contribution in [0, 0.1) is 6.92 Å². The van der Waals surface area contributed by atoms with Gasteiger partial charge in [-0.25, -0.2) is 0 Å². The number of hydrogen-bond acceptors (Lipinski definition) is 3. The molecular formula is C19H20ClNO3. The highest BCUT2D eigenvalue weighted by Gasteiger charge is 2.09. The smallest absolute Gasteiger partial charge is 0.220 e. The predicted molar refractivity (Wildman–Crippen MR) is 94.7 cm³/mol. The topological polar surface area (TPSA) is 55.4 Å². The first-order valence-electron chi connectivity index (χ1n) is 7.79. The molecule has 5 heteroatoms. The second-order valence-corrected chi connectivity index (χ2v) is 5.88. The molecule has 0 saturated heterocycles. The zero-order chi connectivity index (χ0) is 17.4. The third kappa shape index (κ3) is 6.05. The fourth-order valence-electron chi connectivity index (χ4n) is 2.09. The van der Waals surface area contributed by atoms with Crippen molar-refractivity contribution < 1.29 is 14.3 Å². The van der Waals surface area contributed by atoms with Crippen LogP contribution in [0.25, 0.3) is 0 Å². The molecule has 2 aromatic carbocycles. The third-order valence-corrected chi connectivity index (χ3v) is 3.71. The largest absolute Gasteiger partial charge is 0.492 e. The van der Waals surface area contributed by atoms with Gasteiger partial charge in [0.25, 0.3) is 0 Å². The molecule has 0 aliphatic heterocycles. The quantitative estimate of drug-likeness (QED) is 0.584. The van der Waals surface area contributed by atoms with E-state index in [4.69, 9.17) is 16.3 Å². The van der Waals surface area contributed by atoms with Gasteiger partial charge in [0, 0.05) is 23.4 Å². The van der Waals surface area contributed by atoms with Crippen molar-refractivity contribution in [3.05, 3.63) is 64.7 Å². The lowest BCUT2D eigenvalue weighted by atomic mass is 10.1. The van der Waals surface area contributed by atoms with Crippen LogP contribution in [0.1, 0.15) is 28.8 Å². The van der Waals surface area contributed by atoms with Crippen LogP contribution in [0.5, 0.6) is 5.75 Å². The SMILES string of the molecule is Cc1ccc(C(=O)CCC(=O)NCCOc2ccc(Cl)cc2)cc1. The molecule has 0 aliphatic carbocycles. The standard InChI is InChI=1S/C19H20ClNO3/c1-14-2-4-15(5-3-14)18(22)10-11-19(23)21-12-13-24-17-8-6-16(20)7-9-17/h2-9H,10-13H2,1H3,(H,21,23). The van der Waals surface area contributed by atoms with Crippen molar-refractivity contribution in [3.63, 3.8) is 0 Å². The summed E-state index contributed by atoms with van der Waals surface area (Å²) in [5.41, 5.74) is 1.74. The van der Waals surface area contributed by atoms with Gasteiger partial charge in [0.15, 0.2) is 5.78 Å². The molecule has 1 amide bonds. The molecular weight excluding hydrogens is 326 g/mol. The number of nitrogens with one attached hydrogen (secondary N) is 1. The summed E-state index contributed by atoms with van der Waals surface area (Å²) in [5.74, 6) is 0.515. The van der Waals surface area contributed by atoms with Gasteiger partial charge in [0.1, 0.15) is 12.4 Å². The number of halogens is 1. The van der Waals surface area contributed by atoms with Gasteiger partial charge in [0.2, 0.25) is 5.91 Å². The van der Waals surface area contributed by atoms with Crippen LogP contribution in [-0.2, 0) is 4.79 Å². The Labute approximate surface area is 146 Å². The van der Waals surface area contributed by atoms with E-state index in [-0.39, 0.29) is 24.5 Å². The Balaban J connectivity index is 1.63. The van der Waals surface area contributed by atoms with Crippen molar-refractivity contribution in [1.82, 2.24) is 5.32 Å². The maximum absolute atomic E-state index is 12.0. The maximum atomic E-state index is 12.0. The number of rotatable bonds is 8. The Bertz CT molecular complexity index is 681. The molecule has 0 aromatic heterocycles. The summed E-state index contributed by atoms with van der Waals surface area (Å²) in [6.07, 6.45) is 0.376. The van der Waals surface area contributed by atoms with Crippen LogP contribution in [0.2, 0.25) is 5.02 Å². The maximum Gasteiger partial charge on any atom is 0.220 e. The summed E-state index contributed by atoms with van der Waals surface area (Å²) in [5, 5.41) is 3.39. The van der Waals surface area contributed by atoms with E-state index < -0.39 is 0 Å². The minimum Gasteiger partial charge on any atom is -0.492 e. The lowest BCUT2D eigenvalue weighted by molar-refractivity contribution is -0.121. The summed E-state index contributed by atoms with van der Waals surface area (Å²) in [6, 6.07) is 14.4. The van der Waals surface area contributed by atoms with E-state index in [0.29, 0.717) is 29.5 Å². The monoisotopic (exact) mass is 345 g/mol. The predicted octanol–water partition coefficient (Wildman–Crippen LogP) is 3.81. The molecule has 24 heavy (non-hydrogen) atoms. The second kappa shape index (κ2) is 9.08. The van der Waals surface area contributed by atoms with Crippen LogP contribution >= 0.6 is 11.6 Å². The van der Waals surface area contributed by atoms with Gasteiger partial charge in [-0.15, -0.1) is 0 Å². The normalized spacial score (nSPS) is 10.2. The fourth-order valence-corrected chi connectivity index (χ4v) is 2.22. The number of hydrogen-bond donors (Lipinski definition) is 1. The molecule has 0 heterocycles. The second-order valence-electron chi connectivity index (χ2n) is 5.44. The van der Waals surface area contributed by atoms with Crippen LogP contribution in [0.4, 0.5) is 0 Å². The number of ether oxygens (including phenoxy) is 1. The molecule has 2 aromatic rings. The van der Waals surface area contributed by atoms with Crippen molar-refractivity contribution in [2.75, 3.05) is 13.2 Å². The van der Waals surface area contributed by atoms with Crippen molar-refractivity contribution in [2.24, 2.45) is 0 Å². The molecule has 1 N–H and O–H groups in total. The van der Waals surface area contributed by atoms with E-state index in [1.807, 2.05) is 19.1 Å². The number of carbonyl (C=O) groups excluding carboxylic acids is 2. The van der Waals surface area contributed by atoms with Gasteiger partial charge in [0.05, 0.1) is 6.54 Å². The Hall–Kier alpha value is -2.33. The Morgan fingerprint density at radius 1 is 1.00 bits per heavy atom. The number of carbonyl (C=O) groups is 2. The van der Waals surface area contributed by atoms with Crippen molar-refractivity contribution >= 4 is 23.3 Å². The van der Waals surface area contributed by atoms with E-state index >= 15 is 0 Å². The first-order valence-corrected chi connectivity index (χ1v) is 8.17. The zero-order valence-corrected chi connectivity index (χ0v) is 14.3. The van der Waals surface area contributed by atoms with E-state index in [9.17, 15) is 9.59 Å². The van der Waals surface area contributed by atoms with E-state index in [0.717, 1.165) is 5.56 Å². The lowest BCUT2D eigenvalue weighted by Gasteiger charge is -2.08. The van der Waals surface area contributed by atoms with Crippen molar-refractivity contribution in [1.29, 1.82) is 0 Å². The number of Topliss-reactive ketones (excluding diaryl/α,β-unsaturated/α-hetero) is 1. The average Bonchev–Trinajstić information content (AvgIpc) is 2.59. The average molecular weight is 346 g/mol. The summed E-state index contributed by atoms with van der Waals surface area (Å²) >= 11 is 5.79. The van der Waals surface area contributed by atoms with Crippen LogP contribution < -0.4 is 10.1 Å². The Kier molecular flexibility index (Phi) is 6.82. The molecule has 4 nitrogen and oxygen atoms in total. The first kappa shape index (κ1) is 18.0. The molecule has 0 saturated carbocycles. The number of ketones is 1. The summed E-state index contributed by atoms with van der Waals surface area (Å²) in [4.78, 5) is 23.7. The van der Waals surface area contributed by atoms with Gasteiger partial charge in [-0.05, 0) is 31.2 Å². The van der Waals surface area contributed by atoms with Gasteiger partial charge in [-0.2, -0.15) is 0 Å². The van der Waals surface area contributed by atoms with Crippen molar-refractivity contribution in [3.8, 4) is 5.75 Å².